The van der Waals surface area contributed by atoms with E-state index in [2.05, 4.69) is 13.8 Å². The third kappa shape index (κ3) is 8.65. The van der Waals surface area contributed by atoms with E-state index in [1.807, 2.05) is 12.1 Å². The number of carboxylic acids is 2. The van der Waals surface area contributed by atoms with Gasteiger partial charge in [-0.1, -0.05) is 19.9 Å². The first kappa shape index (κ1) is 31.4. The van der Waals surface area contributed by atoms with Crippen LogP contribution in [0.25, 0.3) is 0 Å². The molecule has 1 aromatic carbocycles. The van der Waals surface area contributed by atoms with Crippen molar-refractivity contribution in [1.29, 1.82) is 0 Å². The number of fused-ring (bicyclic) bond motifs is 1. The van der Waals surface area contributed by atoms with Crippen molar-refractivity contribution in [2.45, 2.75) is 63.0 Å². The number of carbonyl (C=O) groups is 2. The molecule has 0 bridgehead atoms. The molecule has 14 heteroatoms. The Hall–Kier alpha value is -2.58. The summed E-state index contributed by atoms with van der Waals surface area (Å²) in [6.07, 6.45) is -7.51. The number of aromatic hydroxyl groups is 1. The zero-order chi connectivity index (χ0) is 26.9. The van der Waals surface area contributed by atoms with Gasteiger partial charge in [-0.2, -0.15) is 26.3 Å². The largest absolute Gasteiger partial charge is 0.508 e. The maximum atomic E-state index is 10.6. The zero-order valence-electron chi connectivity index (χ0n) is 18.4. The van der Waals surface area contributed by atoms with E-state index in [0.717, 1.165) is 19.3 Å². The summed E-state index contributed by atoms with van der Waals surface area (Å²) in [6.45, 7) is 5.36. The predicted molar refractivity (Wildman–Crippen MR) is 108 cm³/mol. The van der Waals surface area contributed by atoms with Crippen LogP contribution in [-0.4, -0.2) is 64.9 Å². The highest BCUT2D eigenvalue weighted by atomic mass is 19.4. The van der Waals surface area contributed by atoms with Crippen molar-refractivity contribution in [1.82, 2.24) is 0 Å². The molecule has 0 aromatic heterocycles. The van der Waals surface area contributed by atoms with Gasteiger partial charge in [-0.15, -0.1) is 0 Å². The molecule has 0 heterocycles. The number of ether oxygens (including phenoxy) is 1. The number of phenolic OH excluding ortho intramolecular Hbond substituents is 1. The molecule has 0 fully saturated rings. The van der Waals surface area contributed by atoms with Gasteiger partial charge in [0.2, 0.25) is 0 Å². The smallest absolute Gasteiger partial charge is 0.490 e. The topological polar surface area (TPSA) is 156 Å². The standard InChI is InChI=1S/C16H26N2O2.2C2HF3O2/c1-3-16(4-2)13-10-12(19)6-5-11(13)9-14(15(16)18)20-8-7-17;2*3-2(4,5)1(6)7/h5-6,10,14-15,19H,3-4,7-9,17-18H2,1-2H3;2*(H,6,7). The van der Waals surface area contributed by atoms with Gasteiger partial charge < -0.3 is 31.5 Å². The second kappa shape index (κ2) is 12.8. The van der Waals surface area contributed by atoms with Gasteiger partial charge in [-0.05, 0) is 36.1 Å². The van der Waals surface area contributed by atoms with Crippen LogP contribution >= 0.6 is 0 Å². The highest BCUT2D eigenvalue weighted by molar-refractivity contribution is 5.73. The van der Waals surface area contributed by atoms with E-state index in [-0.39, 0.29) is 17.6 Å². The fourth-order valence-corrected chi connectivity index (χ4v) is 3.57. The van der Waals surface area contributed by atoms with Crippen molar-refractivity contribution in [3.63, 3.8) is 0 Å². The van der Waals surface area contributed by atoms with E-state index < -0.39 is 24.3 Å². The molecule has 0 spiro atoms. The molecule has 2 atom stereocenters. The minimum Gasteiger partial charge on any atom is -0.508 e. The fraction of sp³-hybridized carbons (Fsp3) is 0.600. The maximum Gasteiger partial charge on any atom is 0.490 e. The van der Waals surface area contributed by atoms with Crippen LogP contribution in [0.5, 0.6) is 5.75 Å². The first-order valence-electron chi connectivity index (χ1n) is 9.97. The van der Waals surface area contributed by atoms with Crippen LogP contribution in [-0.2, 0) is 26.2 Å². The minimum atomic E-state index is -5.08. The van der Waals surface area contributed by atoms with E-state index in [9.17, 15) is 31.4 Å². The Morgan fingerprint density at radius 2 is 1.50 bits per heavy atom. The van der Waals surface area contributed by atoms with Crippen molar-refractivity contribution in [3.05, 3.63) is 29.3 Å². The normalized spacial score (nSPS) is 19.0. The molecule has 1 aromatic rings. The number of hydrogen-bond donors (Lipinski definition) is 5. The number of carboxylic acid groups (broad SMARTS) is 2. The van der Waals surface area contributed by atoms with Gasteiger partial charge in [-0.25, -0.2) is 9.59 Å². The second-order valence-electron chi connectivity index (χ2n) is 7.24. The monoisotopic (exact) mass is 506 g/mol. The summed E-state index contributed by atoms with van der Waals surface area (Å²) in [6, 6.07) is 5.54. The second-order valence-corrected chi connectivity index (χ2v) is 7.24. The third-order valence-electron chi connectivity index (χ3n) is 5.29. The van der Waals surface area contributed by atoms with E-state index in [0.29, 0.717) is 18.9 Å². The van der Waals surface area contributed by atoms with Gasteiger partial charge >= 0.3 is 24.3 Å². The van der Waals surface area contributed by atoms with E-state index in [1.54, 1.807) is 6.07 Å². The van der Waals surface area contributed by atoms with Crippen LogP contribution in [0.15, 0.2) is 18.2 Å². The van der Waals surface area contributed by atoms with Crippen LogP contribution in [0.2, 0.25) is 0 Å². The Morgan fingerprint density at radius 1 is 1.06 bits per heavy atom. The number of benzene rings is 1. The van der Waals surface area contributed by atoms with Gasteiger partial charge in [0.05, 0.1) is 12.7 Å². The molecule has 0 radical (unpaired) electrons. The molecule has 7 N–H and O–H groups in total. The number of aliphatic carboxylic acids is 2. The number of alkyl halides is 6. The molecular formula is C20H28F6N2O6. The molecule has 0 saturated heterocycles. The van der Waals surface area contributed by atoms with Gasteiger partial charge in [0.15, 0.2) is 0 Å². The average molecular weight is 506 g/mol. The zero-order valence-corrected chi connectivity index (χ0v) is 18.4. The Labute approximate surface area is 191 Å². The molecule has 0 aliphatic heterocycles. The van der Waals surface area contributed by atoms with E-state index >= 15 is 0 Å². The van der Waals surface area contributed by atoms with Gasteiger partial charge in [-0.3, -0.25) is 0 Å². The summed E-state index contributed by atoms with van der Waals surface area (Å²) in [5.74, 6) is -5.21. The van der Waals surface area contributed by atoms with Crippen LogP contribution in [0, 0.1) is 0 Å². The molecule has 196 valence electrons. The van der Waals surface area contributed by atoms with Crippen molar-refractivity contribution in [2.24, 2.45) is 11.5 Å². The Bertz CT molecular complexity index is 788. The summed E-state index contributed by atoms with van der Waals surface area (Å²) in [4.78, 5) is 17.8. The molecule has 2 unspecified atom stereocenters. The highest BCUT2D eigenvalue weighted by Crippen LogP contribution is 2.43. The lowest BCUT2D eigenvalue weighted by Crippen LogP contribution is -2.57. The maximum absolute atomic E-state index is 10.6. The van der Waals surface area contributed by atoms with E-state index in [4.69, 9.17) is 36.0 Å². The third-order valence-corrected chi connectivity index (χ3v) is 5.29. The van der Waals surface area contributed by atoms with Crippen molar-refractivity contribution >= 4 is 11.9 Å². The molecular weight excluding hydrogens is 478 g/mol. The molecule has 8 nitrogen and oxygen atoms in total. The number of hydrogen-bond acceptors (Lipinski definition) is 6. The quantitative estimate of drug-likeness (QED) is 0.382. The number of phenols is 1. The molecule has 0 saturated carbocycles. The molecule has 0 amide bonds. The fourth-order valence-electron chi connectivity index (χ4n) is 3.57. The summed E-state index contributed by atoms with van der Waals surface area (Å²) >= 11 is 0. The van der Waals surface area contributed by atoms with Crippen LogP contribution in [0.1, 0.15) is 37.8 Å². The van der Waals surface area contributed by atoms with Gasteiger partial charge in [0.1, 0.15) is 5.75 Å². The number of rotatable bonds is 5. The van der Waals surface area contributed by atoms with Crippen LogP contribution in [0.4, 0.5) is 26.3 Å². The predicted octanol–water partition coefficient (Wildman–Crippen LogP) is 2.94. The Morgan fingerprint density at radius 3 is 1.85 bits per heavy atom. The summed E-state index contributed by atoms with van der Waals surface area (Å²) in [5, 5.41) is 24.1. The lowest BCUT2D eigenvalue weighted by Gasteiger charge is -2.47. The Balaban J connectivity index is 0.000000642. The van der Waals surface area contributed by atoms with Crippen molar-refractivity contribution in [2.75, 3.05) is 13.2 Å². The summed E-state index contributed by atoms with van der Waals surface area (Å²) in [7, 11) is 0. The SMILES string of the molecule is CCC1(CC)c2cc(O)ccc2CC(OCCN)C1N.O=C(O)C(F)(F)F.O=C(O)C(F)(F)F. The van der Waals surface area contributed by atoms with Crippen LogP contribution in [0.3, 0.4) is 0 Å². The minimum absolute atomic E-state index is 0.00417. The number of halogens is 6. The van der Waals surface area contributed by atoms with Crippen molar-refractivity contribution in [3.8, 4) is 5.75 Å². The van der Waals surface area contributed by atoms with Gasteiger partial charge in [0.25, 0.3) is 0 Å². The molecule has 1 aliphatic carbocycles. The Kier molecular flexibility index (Phi) is 11.8. The summed E-state index contributed by atoms with van der Waals surface area (Å²) in [5.41, 5.74) is 14.4. The number of nitrogens with two attached hydrogens (primary N) is 2. The highest BCUT2D eigenvalue weighted by Gasteiger charge is 2.45. The lowest BCUT2D eigenvalue weighted by atomic mass is 9.63. The average Bonchev–Trinajstić information content (AvgIpc) is 2.72. The van der Waals surface area contributed by atoms with Crippen molar-refractivity contribution < 1.29 is 56.0 Å². The van der Waals surface area contributed by atoms with Crippen LogP contribution < -0.4 is 11.5 Å². The molecule has 2 rings (SSSR count). The van der Waals surface area contributed by atoms with Gasteiger partial charge in [0, 0.05) is 24.4 Å². The first-order valence-corrected chi connectivity index (χ1v) is 9.97. The molecule has 1 aliphatic rings. The van der Waals surface area contributed by atoms with E-state index in [1.165, 1.54) is 11.1 Å². The summed E-state index contributed by atoms with van der Waals surface area (Å²) < 4.78 is 69.4. The first-order chi connectivity index (χ1) is 15.5. The lowest BCUT2D eigenvalue weighted by molar-refractivity contribution is -0.193. The molecule has 34 heavy (non-hydrogen) atoms.